The van der Waals surface area contributed by atoms with Gasteiger partial charge in [0.25, 0.3) is 0 Å². The van der Waals surface area contributed by atoms with E-state index in [1.54, 1.807) is 0 Å². The summed E-state index contributed by atoms with van der Waals surface area (Å²) in [7, 11) is 0. The van der Waals surface area contributed by atoms with E-state index >= 15 is 0 Å². The van der Waals surface area contributed by atoms with Crippen molar-refractivity contribution in [3.8, 4) is 0 Å². The van der Waals surface area contributed by atoms with E-state index in [1.165, 1.54) is 56.2 Å². The molecule has 0 aliphatic heterocycles. The minimum absolute atomic E-state index is 0.270. The van der Waals surface area contributed by atoms with Crippen molar-refractivity contribution in [1.82, 2.24) is 4.98 Å². The highest BCUT2D eigenvalue weighted by atomic mass is 35.5. The molecule has 1 aromatic heterocycles. The smallest absolute Gasteiger partial charge is 0.0447 e. The molecule has 0 saturated heterocycles. The van der Waals surface area contributed by atoms with Crippen LogP contribution in [0.3, 0.4) is 0 Å². The first-order valence-electron chi connectivity index (χ1n) is 8.28. The van der Waals surface area contributed by atoms with Crippen LogP contribution < -0.4 is 0 Å². The van der Waals surface area contributed by atoms with Gasteiger partial charge in [-0.25, -0.2) is 0 Å². The number of nitrogens with zero attached hydrogens (tertiary/aromatic N) is 1. The molecule has 0 aromatic carbocycles. The van der Waals surface area contributed by atoms with Crippen LogP contribution in [0.1, 0.15) is 56.2 Å². The van der Waals surface area contributed by atoms with Crippen molar-refractivity contribution in [2.24, 2.45) is 17.8 Å². The number of alkyl halides is 1. The highest BCUT2D eigenvalue weighted by molar-refractivity contribution is 6.20. The fourth-order valence-corrected chi connectivity index (χ4v) is 4.70. The second kappa shape index (κ2) is 6.47. The Morgan fingerprint density at radius 2 is 2.00 bits per heavy atom. The van der Waals surface area contributed by atoms with E-state index in [4.69, 9.17) is 11.6 Å². The van der Waals surface area contributed by atoms with Gasteiger partial charge < -0.3 is 0 Å². The first-order valence-corrected chi connectivity index (χ1v) is 8.72. The van der Waals surface area contributed by atoms with Crippen molar-refractivity contribution < 1.29 is 0 Å². The summed E-state index contributed by atoms with van der Waals surface area (Å²) in [5.74, 6) is 2.69. The molecule has 2 aliphatic carbocycles. The number of halogens is 1. The summed E-state index contributed by atoms with van der Waals surface area (Å²) in [4.78, 5) is 4.51. The van der Waals surface area contributed by atoms with Crippen molar-refractivity contribution >= 4 is 11.6 Å². The molecule has 1 nitrogen and oxygen atoms in total. The molecular weight excluding hydrogens is 266 g/mol. The fraction of sp³-hybridized carbons (Fsp3) is 0.722. The minimum Gasteiger partial charge on any atom is -0.261 e. The second-order valence-electron chi connectivity index (χ2n) is 6.86. The monoisotopic (exact) mass is 291 g/mol. The van der Waals surface area contributed by atoms with E-state index in [2.05, 4.69) is 18.0 Å². The molecule has 0 bridgehead atoms. The molecule has 4 atom stereocenters. The van der Waals surface area contributed by atoms with Gasteiger partial charge in [-0.3, -0.25) is 4.98 Å². The highest BCUT2D eigenvalue weighted by Crippen LogP contribution is 2.44. The third-order valence-corrected chi connectivity index (χ3v) is 6.11. The molecule has 110 valence electrons. The SMILES string of the molecule is Cc1cccnc1CC(Cl)C1CCC2CCCCC2C1. The molecule has 2 fully saturated rings. The number of hydrogen-bond acceptors (Lipinski definition) is 1. The average molecular weight is 292 g/mol. The summed E-state index contributed by atoms with van der Waals surface area (Å²) < 4.78 is 0. The molecule has 1 aromatic rings. The molecule has 0 amide bonds. The first-order chi connectivity index (χ1) is 9.74. The van der Waals surface area contributed by atoms with E-state index in [0.717, 1.165) is 18.3 Å². The van der Waals surface area contributed by atoms with E-state index in [-0.39, 0.29) is 5.38 Å². The largest absolute Gasteiger partial charge is 0.261 e. The second-order valence-corrected chi connectivity index (χ2v) is 7.43. The standard InChI is InChI=1S/C18H26ClN/c1-13-5-4-10-20-18(13)12-17(19)16-9-8-14-6-2-3-7-15(14)11-16/h4-5,10,14-17H,2-3,6-9,11-12H2,1H3. The van der Waals surface area contributed by atoms with Gasteiger partial charge in [0.2, 0.25) is 0 Å². The zero-order chi connectivity index (χ0) is 13.9. The summed E-state index contributed by atoms with van der Waals surface area (Å²) in [6.07, 6.45) is 12.8. The average Bonchev–Trinajstić information content (AvgIpc) is 2.49. The molecule has 0 N–H and O–H groups in total. The fourth-order valence-electron chi connectivity index (χ4n) is 4.32. The van der Waals surface area contributed by atoms with Gasteiger partial charge in [-0.15, -0.1) is 11.6 Å². The van der Waals surface area contributed by atoms with Gasteiger partial charge in [-0.1, -0.05) is 31.7 Å². The number of hydrogen-bond donors (Lipinski definition) is 0. The van der Waals surface area contributed by atoms with E-state index in [0.29, 0.717) is 5.92 Å². The molecule has 2 aliphatic rings. The molecule has 0 radical (unpaired) electrons. The Hall–Kier alpha value is -0.560. The van der Waals surface area contributed by atoms with E-state index in [9.17, 15) is 0 Å². The molecular formula is C18H26ClN. The quantitative estimate of drug-likeness (QED) is 0.702. The molecule has 4 unspecified atom stereocenters. The zero-order valence-corrected chi connectivity index (χ0v) is 13.3. The molecule has 1 heterocycles. The lowest BCUT2D eigenvalue weighted by molar-refractivity contribution is 0.127. The number of aromatic nitrogens is 1. The van der Waals surface area contributed by atoms with Gasteiger partial charge in [0.1, 0.15) is 0 Å². The predicted octanol–water partition coefficient (Wildman–Crippen LogP) is 5.15. The van der Waals surface area contributed by atoms with Crippen LogP contribution in [0.15, 0.2) is 18.3 Å². The Bertz CT molecular complexity index is 445. The molecule has 20 heavy (non-hydrogen) atoms. The lowest BCUT2D eigenvalue weighted by Gasteiger charge is -2.40. The number of rotatable bonds is 3. The Morgan fingerprint density at radius 3 is 2.80 bits per heavy atom. The van der Waals surface area contributed by atoms with Crippen LogP contribution in [-0.4, -0.2) is 10.4 Å². The topological polar surface area (TPSA) is 12.9 Å². The van der Waals surface area contributed by atoms with Crippen molar-refractivity contribution in [3.63, 3.8) is 0 Å². The molecule has 2 saturated carbocycles. The normalized spacial score (nSPS) is 31.6. The van der Waals surface area contributed by atoms with Gasteiger partial charge in [0, 0.05) is 23.7 Å². The van der Waals surface area contributed by atoms with Gasteiger partial charge in [-0.05, 0) is 55.6 Å². The lowest BCUT2D eigenvalue weighted by Crippen LogP contribution is -2.32. The summed E-state index contributed by atoms with van der Waals surface area (Å²) in [6, 6.07) is 4.15. The van der Waals surface area contributed by atoms with Gasteiger partial charge in [0.15, 0.2) is 0 Å². The van der Waals surface area contributed by atoms with Crippen LogP contribution in [-0.2, 0) is 6.42 Å². The Morgan fingerprint density at radius 1 is 1.20 bits per heavy atom. The van der Waals surface area contributed by atoms with Gasteiger partial charge in [0.05, 0.1) is 0 Å². The number of aryl methyl sites for hydroxylation is 1. The van der Waals surface area contributed by atoms with Crippen LogP contribution in [0.25, 0.3) is 0 Å². The first kappa shape index (κ1) is 14.4. The number of pyridine rings is 1. The molecule has 2 heteroatoms. The maximum atomic E-state index is 6.76. The minimum atomic E-state index is 0.270. The lowest BCUT2D eigenvalue weighted by atomic mass is 9.66. The van der Waals surface area contributed by atoms with Crippen LogP contribution in [0.2, 0.25) is 0 Å². The zero-order valence-electron chi connectivity index (χ0n) is 12.5. The molecule has 3 rings (SSSR count). The van der Waals surface area contributed by atoms with Crippen molar-refractivity contribution in [2.45, 2.75) is 63.7 Å². The third-order valence-electron chi connectivity index (χ3n) is 5.60. The van der Waals surface area contributed by atoms with Gasteiger partial charge in [-0.2, -0.15) is 0 Å². The van der Waals surface area contributed by atoms with Crippen LogP contribution in [0, 0.1) is 24.7 Å². The maximum absolute atomic E-state index is 6.76. The summed E-state index contributed by atoms with van der Waals surface area (Å²) in [6.45, 7) is 2.14. The van der Waals surface area contributed by atoms with E-state index in [1.807, 2.05) is 12.3 Å². The number of fused-ring (bicyclic) bond motifs is 1. The third kappa shape index (κ3) is 3.19. The maximum Gasteiger partial charge on any atom is 0.0447 e. The Balaban J connectivity index is 1.60. The van der Waals surface area contributed by atoms with E-state index < -0.39 is 0 Å². The molecule has 0 spiro atoms. The summed E-state index contributed by atoms with van der Waals surface area (Å²) in [5, 5.41) is 0.270. The summed E-state index contributed by atoms with van der Waals surface area (Å²) >= 11 is 6.76. The Labute approximate surface area is 128 Å². The Kier molecular flexibility index (Phi) is 4.65. The van der Waals surface area contributed by atoms with Crippen LogP contribution >= 0.6 is 11.6 Å². The van der Waals surface area contributed by atoms with Crippen molar-refractivity contribution in [3.05, 3.63) is 29.6 Å². The highest BCUT2D eigenvalue weighted by Gasteiger charge is 2.34. The van der Waals surface area contributed by atoms with Crippen LogP contribution in [0.4, 0.5) is 0 Å². The predicted molar refractivity (Wildman–Crippen MR) is 85.1 cm³/mol. The van der Waals surface area contributed by atoms with Crippen LogP contribution in [0.5, 0.6) is 0 Å². The van der Waals surface area contributed by atoms with Crippen molar-refractivity contribution in [1.29, 1.82) is 0 Å². The summed E-state index contributed by atoms with van der Waals surface area (Å²) in [5.41, 5.74) is 2.47. The van der Waals surface area contributed by atoms with Crippen molar-refractivity contribution in [2.75, 3.05) is 0 Å². The van der Waals surface area contributed by atoms with Gasteiger partial charge >= 0.3 is 0 Å².